The second-order valence-corrected chi connectivity index (χ2v) is 4.46. The molecule has 0 radical (unpaired) electrons. The average molecular weight is 263 g/mol. The Hall–Kier alpha value is -2.68. The Bertz CT molecular complexity index is 766. The van der Waals surface area contributed by atoms with Crippen LogP contribution in [0.1, 0.15) is 10.4 Å². The third-order valence-electron chi connectivity index (χ3n) is 3.18. The van der Waals surface area contributed by atoms with Gasteiger partial charge in [-0.3, -0.25) is 0 Å². The van der Waals surface area contributed by atoms with Gasteiger partial charge in [0, 0.05) is 10.9 Å². The Labute approximate surface area is 116 Å². The highest BCUT2D eigenvalue weighted by atomic mass is 16.5. The van der Waals surface area contributed by atoms with E-state index in [9.17, 15) is 4.79 Å². The third kappa shape index (κ3) is 2.26. The number of carbonyl (C=O) groups excluding carboxylic acids is 1. The van der Waals surface area contributed by atoms with E-state index >= 15 is 0 Å². The molecule has 0 fully saturated rings. The lowest BCUT2D eigenvalue weighted by Gasteiger charge is -2.05. The standard InChI is InChI=1S/C17H13NO2/c1-20-17(19)14-8-7-13-9-10-15(18-16(13)11-14)12-5-3-2-4-6-12/h2-11H,1H3. The maximum absolute atomic E-state index is 11.6. The smallest absolute Gasteiger partial charge is 0.337 e. The van der Waals surface area contributed by atoms with Crippen molar-refractivity contribution in [2.45, 2.75) is 0 Å². The summed E-state index contributed by atoms with van der Waals surface area (Å²) in [5.41, 5.74) is 3.24. The lowest BCUT2D eigenvalue weighted by molar-refractivity contribution is 0.0601. The van der Waals surface area contributed by atoms with Crippen LogP contribution in [0, 0.1) is 0 Å². The van der Waals surface area contributed by atoms with Crippen molar-refractivity contribution < 1.29 is 9.53 Å². The maximum atomic E-state index is 11.6. The molecule has 0 atom stereocenters. The van der Waals surface area contributed by atoms with Gasteiger partial charge < -0.3 is 4.74 Å². The van der Waals surface area contributed by atoms with Crippen LogP contribution in [-0.4, -0.2) is 18.1 Å². The summed E-state index contributed by atoms with van der Waals surface area (Å²) in [5.74, 6) is -0.348. The molecule has 0 N–H and O–H groups in total. The summed E-state index contributed by atoms with van der Waals surface area (Å²) in [6.07, 6.45) is 0. The van der Waals surface area contributed by atoms with Gasteiger partial charge in [-0.25, -0.2) is 9.78 Å². The molecule has 3 nitrogen and oxygen atoms in total. The highest BCUT2D eigenvalue weighted by Gasteiger charge is 2.07. The van der Waals surface area contributed by atoms with Crippen molar-refractivity contribution in [3.63, 3.8) is 0 Å². The van der Waals surface area contributed by atoms with Crippen molar-refractivity contribution in [2.24, 2.45) is 0 Å². The van der Waals surface area contributed by atoms with Gasteiger partial charge in [0.15, 0.2) is 0 Å². The molecule has 0 aliphatic rings. The summed E-state index contributed by atoms with van der Waals surface area (Å²) in [5, 5.41) is 0.998. The van der Waals surface area contributed by atoms with Gasteiger partial charge in [-0.05, 0) is 18.2 Å². The minimum absolute atomic E-state index is 0.348. The number of hydrogen-bond donors (Lipinski definition) is 0. The van der Waals surface area contributed by atoms with Gasteiger partial charge in [0.2, 0.25) is 0 Å². The first-order chi connectivity index (χ1) is 9.78. The molecule has 1 aromatic heterocycles. The average Bonchev–Trinajstić information content (AvgIpc) is 2.54. The molecule has 0 aliphatic heterocycles. The molecule has 98 valence electrons. The lowest BCUT2D eigenvalue weighted by atomic mass is 10.1. The van der Waals surface area contributed by atoms with Crippen LogP contribution in [0.2, 0.25) is 0 Å². The molecule has 0 aliphatic carbocycles. The first-order valence-electron chi connectivity index (χ1n) is 6.32. The second-order valence-electron chi connectivity index (χ2n) is 4.46. The largest absolute Gasteiger partial charge is 0.465 e. The summed E-state index contributed by atoms with van der Waals surface area (Å²) in [7, 11) is 1.38. The van der Waals surface area contributed by atoms with Gasteiger partial charge in [-0.15, -0.1) is 0 Å². The Morgan fingerprint density at radius 2 is 1.75 bits per heavy atom. The number of hydrogen-bond acceptors (Lipinski definition) is 3. The Balaban J connectivity index is 2.12. The summed E-state index contributed by atoms with van der Waals surface area (Å²) < 4.78 is 4.73. The van der Waals surface area contributed by atoms with E-state index in [0.29, 0.717) is 5.56 Å². The molecule has 3 heteroatoms. The number of ether oxygens (including phenoxy) is 1. The van der Waals surface area contributed by atoms with E-state index in [1.807, 2.05) is 48.5 Å². The number of rotatable bonds is 2. The number of carbonyl (C=O) groups is 1. The summed E-state index contributed by atoms with van der Waals surface area (Å²) in [6.45, 7) is 0. The van der Waals surface area contributed by atoms with Crippen molar-refractivity contribution in [3.8, 4) is 11.3 Å². The molecule has 0 spiro atoms. The first-order valence-corrected chi connectivity index (χ1v) is 6.32. The van der Waals surface area contributed by atoms with Gasteiger partial charge in [0.1, 0.15) is 0 Å². The fourth-order valence-corrected chi connectivity index (χ4v) is 2.13. The number of methoxy groups -OCH3 is 1. The molecule has 0 unspecified atom stereocenters. The molecule has 2 aromatic carbocycles. The molecule has 1 heterocycles. The highest BCUT2D eigenvalue weighted by Crippen LogP contribution is 2.21. The van der Waals surface area contributed by atoms with Gasteiger partial charge in [-0.1, -0.05) is 42.5 Å². The van der Waals surface area contributed by atoms with Crippen LogP contribution in [0.15, 0.2) is 60.7 Å². The van der Waals surface area contributed by atoms with Gasteiger partial charge in [-0.2, -0.15) is 0 Å². The minimum Gasteiger partial charge on any atom is -0.465 e. The van der Waals surface area contributed by atoms with Crippen LogP contribution >= 0.6 is 0 Å². The molecule has 0 amide bonds. The van der Waals surface area contributed by atoms with Crippen molar-refractivity contribution in [3.05, 3.63) is 66.2 Å². The predicted molar refractivity (Wildman–Crippen MR) is 78.5 cm³/mol. The molecule has 0 saturated carbocycles. The Kier molecular flexibility index (Phi) is 3.17. The maximum Gasteiger partial charge on any atom is 0.337 e. The van der Waals surface area contributed by atoms with Crippen LogP contribution in [0.4, 0.5) is 0 Å². The van der Waals surface area contributed by atoms with Crippen LogP contribution < -0.4 is 0 Å². The SMILES string of the molecule is COC(=O)c1ccc2ccc(-c3ccccc3)nc2c1. The van der Waals surface area contributed by atoms with Gasteiger partial charge in [0.05, 0.1) is 23.9 Å². The summed E-state index contributed by atoms with van der Waals surface area (Å²) in [4.78, 5) is 16.2. The zero-order valence-electron chi connectivity index (χ0n) is 11.0. The van der Waals surface area contributed by atoms with Crippen molar-refractivity contribution >= 4 is 16.9 Å². The molecule has 3 rings (SSSR count). The molecule has 3 aromatic rings. The summed E-state index contributed by atoms with van der Waals surface area (Å²) >= 11 is 0. The third-order valence-corrected chi connectivity index (χ3v) is 3.18. The number of esters is 1. The van der Waals surface area contributed by atoms with E-state index in [-0.39, 0.29) is 5.97 Å². The summed E-state index contributed by atoms with van der Waals surface area (Å²) in [6, 6.07) is 19.3. The van der Waals surface area contributed by atoms with Crippen LogP contribution in [0.25, 0.3) is 22.2 Å². The molecule has 0 bridgehead atoms. The van der Waals surface area contributed by atoms with Crippen LogP contribution in [0.5, 0.6) is 0 Å². The zero-order valence-corrected chi connectivity index (χ0v) is 11.0. The van der Waals surface area contributed by atoms with E-state index in [1.165, 1.54) is 7.11 Å². The fourth-order valence-electron chi connectivity index (χ4n) is 2.13. The van der Waals surface area contributed by atoms with E-state index in [0.717, 1.165) is 22.2 Å². The van der Waals surface area contributed by atoms with Crippen molar-refractivity contribution in [1.82, 2.24) is 4.98 Å². The fraction of sp³-hybridized carbons (Fsp3) is 0.0588. The Morgan fingerprint density at radius 1 is 1.00 bits per heavy atom. The van der Waals surface area contributed by atoms with E-state index in [4.69, 9.17) is 4.74 Å². The first kappa shape index (κ1) is 12.4. The number of nitrogens with zero attached hydrogens (tertiary/aromatic N) is 1. The second kappa shape index (κ2) is 5.13. The van der Waals surface area contributed by atoms with Gasteiger partial charge in [0.25, 0.3) is 0 Å². The van der Waals surface area contributed by atoms with E-state index in [2.05, 4.69) is 4.98 Å². The van der Waals surface area contributed by atoms with E-state index in [1.54, 1.807) is 12.1 Å². The predicted octanol–water partition coefficient (Wildman–Crippen LogP) is 3.69. The number of aromatic nitrogens is 1. The topological polar surface area (TPSA) is 39.2 Å². The molecule has 20 heavy (non-hydrogen) atoms. The number of benzene rings is 2. The van der Waals surface area contributed by atoms with Crippen molar-refractivity contribution in [1.29, 1.82) is 0 Å². The molecule has 0 saturated heterocycles. The normalized spacial score (nSPS) is 10.4. The van der Waals surface area contributed by atoms with Crippen molar-refractivity contribution in [2.75, 3.05) is 7.11 Å². The molecular weight excluding hydrogens is 250 g/mol. The number of fused-ring (bicyclic) bond motifs is 1. The van der Waals surface area contributed by atoms with Crippen LogP contribution in [-0.2, 0) is 4.74 Å². The molecular formula is C17H13NO2. The lowest BCUT2D eigenvalue weighted by Crippen LogP contribution is -2.00. The quantitative estimate of drug-likeness (QED) is 0.662. The van der Waals surface area contributed by atoms with Crippen LogP contribution in [0.3, 0.4) is 0 Å². The van der Waals surface area contributed by atoms with E-state index < -0.39 is 0 Å². The minimum atomic E-state index is -0.348. The Morgan fingerprint density at radius 3 is 2.50 bits per heavy atom. The number of pyridine rings is 1. The monoisotopic (exact) mass is 263 g/mol. The highest BCUT2D eigenvalue weighted by molar-refractivity contribution is 5.94. The van der Waals surface area contributed by atoms with Gasteiger partial charge >= 0.3 is 5.97 Å². The zero-order chi connectivity index (χ0) is 13.9.